The molecule has 1 saturated heterocycles. The lowest BCUT2D eigenvalue weighted by Gasteiger charge is -2.40. The molecule has 0 radical (unpaired) electrons. The third kappa shape index (κ3) is 2.40. The maximum absolute atomic E-state index is 12.2. The average molecular weight is 292 g/mol. The van der Waals surface area contributed by atoms with Crippen LogP contribution in [-0.4, -0.2) is 35.8 Å². The van der Waals surface area contributed by atoms with Crippen LogP contribution in [0.3, 0.4) is 0 Å². The molecule has 0 saturated carbocycles. The highest BCUT2D eigenvalue weighted by atomic mass is 32.2. The van der Waals surface area contributed by atoms with Crippen LogP contribution in [0.1, 0.15) is 24.0 Å². The molecular weight excluding hydrogens is 272 g/mol. The third-order valence-corrected chi connectivity index (χ3v) is 5.04. The molecule has 5 heteroatoms. The number of hydrogen-bond acceptors (Lipinski definition) is 4. The van der Waals surface area contributed by atoms with Gasteiger partial charge >= 0.3 is 6.09 Å². The van der Waals surface area contributed by atoms with Crippen molar-refractivity contribution in [3.63, 3.8) is 0 Å². The molecule has 0 bridgehead atoms. The van der Waals surface area contributed by atoms with Crippen LogP contribution >= 0.6 is 11.9 Å². The molecular formula is C15H20N2O2S. The van der Waals surface area contributed by atoms with Crippen LogP contribution in [0, 0.1) is 6.92 Å². The lowest BCUT2D eigenvalue weighted by Crippen LogP contribution is -2.48. The number of hydrogen-bond donors (Lipinski definition) is 0. The number of fused-ring (bicyclic) bond motifs is 1. The first-order valence-electron chi connectivity index (χ1n) is 7.04. The van der Waals surface area contributed by atoms with Crippen molar-refractivity contribution in [2.24, 2.45) is 0 Å². The van der Waals surface area contributed by atoms with Crippen LogP contribution in [0.15, 0.2) is 18.2 Å². The van der Waals surface area contributed by atoms with E-state index in [9.17, 15) is 4.79 Å². The van der Waals surface area contributed by atoms with Gasteiger partial charge in [-0.15, -0.1) is 0 Å². The summed E-state index contributed by atoms with van der Waals surface area (Å²) in [6.07, 6.45) is 3.93. The predicted octanol–water partition coefficient (Wildman–Crippen LogP) is 3.19. The molecule has 0 aromatic heterocycles. The van der Waals surface area contributed by atoms with E-state index in [2.05, 4.69) is 29.6 Å². The highest BCUT2D eigenvalue weighted by Crippen LogP contribution is 2.35. The zero-order valence-corrected chi connectivity index (χ0v) is 12.8. The lowest BCUT2D eigenvalue weighted by molar-refractivity contribution is 0.136. The van der Waals surface area contributed by atoms with E-state index in [4.69, 9.17) is 4.74 Å². The summed E-state index contributed by atoms with van der Waals surface area (Å²) in [5.74, 6) is 0. The van der Waals surface area contributed by atoms with Crippen molar-refractivity contribution in [1.82, 2.24) is 4.31 Å². The lowest BCUT2D eigenvalue weighted by atomic mass is 10.00. The molecule has 2 heterocycles. The smallest absolute Gasteiger partial charge is 0.414 e. The van der Waals surface area contributed by atoms with E-state index in [1.54, 1.807) is 11.9 Å². The van der Waals surface area contributed by atoms with E-state index in [0.29, 0.717) is 6.61 Å². The number of rotatable bonds is 2. The monoisotopic (exact) mass is 292 g/mol. The quantitative estimate of drug-likeness (QED) is 0.784. The number of carbonyl (C=O) groups excluding carboxylic acids is 1. The fourth-order valence-electron chi connectivity index (χ4n) is 3.10. The molecule has 108 valence electrons. The first-order valence-corrected chi connectivity index (χ1v) is 8.22. The Bertz CT molecular complexity index is 513. The van der Waals surface area contributed by atoms with Crippen LogP contribution in [0.2, 0.25) is 0 Å². The van der Waals surface area contributed by atoms with Crippen molar-refractivity contribution in [3.05, 3.63) is 29.3 Å². The predicted molar refractivity (Wildman–Crippen MR) is 82.0 cm³/mol. The molecule has 0 aliphatic carbocycles. The zero-order valence-electron chi connectivity index (χ0n) is 12.0. The first-order chi connectivity index (χ1) is 9.70. The summed E-state index contributed by atoms with van der Waals surface area (Å²) in [6, 6.07) is 6.41. The molecule has 1 aromatic rings. The molecule has 20 heavy (non-hydrogen) atoms. The van der Waals surface area contributed by atoms with Gasteiger partial charge in [-0.25, -0.2) is 4.79 Å². The summed E-state index contributed by atoms with van der Waals surface area (Å²) < 4.78 is 7.70. The van der Waals surface area contributed by atoms with E-state index in [0.717, 1.165) is 42.7 Å². The number of ether oxygens (including phenoxy) is 1. The zero-order chi connectivity index (χ0) is 14.1. The molecule has 2 aliphatic rings. The van der Waals surface area contributed by atoms with E-state index >= 15 is 0 Å². The number of cyclic esters (lactones) is 1. The fraction of sp³-hybridized carbons (Fsp3) is 0.533. The van der Waals surface area contributed by atoms with E-state index in [1.165, 1.54) is 0 Å². The van der Waals surface area contributed by atoms with Gasteiger partial charge in [0.15, 0.2) is 0 Å². The summed E-state index contributed by atoms with van der Waals surface area (Å²) in [6.45, 7) is 4.52. The standard InChI is InChI=1S/C15H20N2O2S/c1-11-4-3-5-12-10-19-15(18)17(14(11)12)13-6-8-16(20-2)9-7-13/h3-5,13H,6-10H2,1-2H3. The van der Waals surface area contributed by atoms with Crippen molar-refractivity contribution in [3.8, 4) is 0 Å². The molecule has 1 fully saturated rings. The Hall–Kier alpha value is -1.20. The number of nitrogens with zero attached hydrogens (tertiary/aromatic N) is 2. The summed E-state index contributed by atoms with van der Waals surface area (Å²) >= 11 is 1.78. The normalized spacial score (nSPS) is 20.7. The van der Waals surface area contributed by atoms with Crippen molar-refractivity contribution < 1.29 is 9.53 Å². The maximum atomic E-state index is 12.2. The van der Waals surface area contributed by atoms with Gasteiger partial charge in [0, 0.05) is 24.7 Å². The van der Waals surface area contributed by atoms with Gasteiger partial charge in [-0.2, -0.15) is 0 Å². The summed E-state index contributed by atoms with van der Waals surface area (Å²) in [5.41, 5.74) is 3.36. The number of anilines is 1. The van der Waals surface area contributed by atoms with Crippen LogP contribution in [0.25, 0.3) is 0 Å². The summed E-state index contributed by atoms with van der Waals surface area (Å²) in [7, 11) is 0. The molecule has 4 nitrogen and oxygen atoms in total. The Morgan fingerprint density at radius 2 is 2.05 bits per heavy atom. The Morgan fingerprint density at radius 1 is 1.30 bits per heavy atom. The molecule has 0 spiro atoms. The first kappa shape index (κ1) is 13.8. The van der Waals surface area contributed by atoms with Gasteiger partial charge in [-0.3, -0.25) is 9.21 Å². The minimum absolute atomic E-state index is 0.186. The van der Waals surface area contributed by atoms with Crippen LogP contribution in [0.4, 0.5) is 10.5 Å². The second-order valence-corrected chi connectivity index (χ2v) is 6.23. The van der Waals surface area contributed by atoms with Crippen molar-refractivity contribution in [2.45, 2.75) is 32.4 Å². The molecule has 1 aromatic carbocycles. The Balaban J connectivity index is 1.88. The van der Waals surface area contributed by atoms with E-state index in [-0.39, 0.29) is 12.1 Å². The van der Waals surface area contributed by atoms with Crippen LogP contribution < -0.4 is 4.90 Å². The number of para-hydroxylation sites is 1. The number of aryl methyl sites for hydroxylation is 1. The minimum atomic E-state index is -0.186. The second-order valence-electron chi connectivity index (χ2n) is 5.35. The maximum Gasteiger partial charge on any atom is 0.414 e. The highest BCUT2D eigenvalue weighted by Gasteiger charge is 2.34. The van der Waals surface area contributed by atoms with E-state index in [1.807, 2.05) is 11.0 Å². The Labute approximate surface area is 124 Å². The Morgan fingerprint density at radius 3 is 2.75 bits per heavy atom. The molecule has 3 rings (SSSR count). The fourth-order valence-corrected chi connectivity index (χ4v) is 3.67. The SMILES string of the molecule is CSN1CCC(N2C(=O)OCc3cccc(C)c32)CC1. The van der Waals surface area contributed by atoms with Gasteiger partial charge in [-0.05, 0) is 31.6 Å². The molecule has 1 amide bonds. The van der Waals surface area contributed by atoms with Gasteiger partial charge in [0.25, 0.3) is 0 Å². The molecule has 0 N–H and O–H groups in total. The van der Waals surface area contributed by atoms with Gasteiger partial charge in [0.1, 0.15) is 6.61 Å². The number of piperidine rings is 1. The number of amides is 1. The second kappa shape index (κ2) is 5.66. The van der Waals surface area contributed by atoms with E-state index < -0.39 is 0 Å². The molecule has 0 atom stereocenters. The van der Waals surface area contributed by atoms with Crippen LogP contribution in [0.5, 0.6) is 0 Å². The Kier molecular flexibility index (Phi) is 3.89. The molecule has 0 unspecified atom stereocenters. The highest BCUT2D eigenvalue weighted by molar-refractivity contribution is 7.96. The topological polar surface area (TPSA) is 32.8 Å². The van der Waals surface area contributed by atoms with Crippen molar-refractivity contribution in [2.75, 3.05) is 24.2 Å². The summed E-state index contributed by atoms with van der Waals surface area (Å²) in [5, 5.41) is 0. The van der Waals surface area contributed by atoms with Gasteiger partial charge in [-0.1, -0.05) is 30.1 Å². The number of benzene rings is 1. The van der Waals surface area contributed by atoms with Crippen LogP contribution in [-0.2, 0) is 11.3 Å². The number of carbonyl (C=O) groups is 1. The van der Waals surface area contributed by atoms with Gasteiger partial charge in [0.2, 0.25) is 0 Å². The van der Waals surface area contributed by atoms with Gasteiger partial charge < -0.3 is 4.74 Å². The average Bonchev–Trinajstić information content (AvgIpc) is 2.48. The summed E-state index contributed by atoms with van der Waals surface area (Å²) in [4.78, 5) is 14.1. The third-order valence-electron chi connectivity index (χ3n) is 4.16. The van der Waals surface area contributed by atoms with Gasteiger partial charge in [0.05, 0.1) is 5.69 Å². The van der Waals surface area contributed by atoms with Crippen molar-refractivity contribution >= 4 is 23.7 Å². The minimum Gasteiger partial charge on any atom is -0.444 e. The van der Waals surface area contributed by atoms with Crippen molar-refractivity contribution in [1.29, 1.82) is 0 Å². The molecule has 2 aliphatic heterocycles. The largest absolute Gasteiger partial charge is 0.444 e.